The van der Waals surface area contributed by atoms with Crippen LogP contribution >= 0.6 is 0 Å². The predicted molar refractivity (Wildman–Crippen MR) is 84.6 cm³/mol. The molecule has 1 fully saturated rings. The van der Waals surface area contributed by atoms with E-state index >= 15 is 0 Å². The van der Waals surface area contributed by atoms with E-state index in [-0.39, 0.29) is 5.91 Å². The first kappa shape index (κ1) is 15.6. The van der Waals surface area contributed by atoms with E-state index in [0.717, 1.165) is 13.0 Å². The summed E-state index contributed by atoms with van der Waals surface area (Å²) in [6.07, 6.45) is 3.58. The lowest BCUT2D eigenvalue weighted by molar-refractivity contribution is 0.0951. The van der Waals surface area contributed by atoms with Crippen molar-refractivity contribution in [3.05, 3.63) is 23.8 Å². The van der Waals surface area contributed by atoms with Crippen LogP contribution in [0, 0.1) is 0 Å². The molecule has 0 saturated carbocycles. The van der Waals surface area contributed by atoms with E-state index in [1.807, 2.05) is 6.92 Å². The number of amides is 1. The van der Waals surface area contributed by atoms with Crippen LogP contribution in [0.1, 0.15) is 36.5 Å². The maximum absolute atomic E-state index is 12.1. The average molecular weight is 291 g/mol. The van der Waals surface area contributed by atoms with Gasteiger partial charge in [0.25, 0.3) is 5.91 Å². The number of carbonyl (C=O) groups excluding carboxylic acids is 1. The van der Waals surface area contributed by atoms with Crippen molar-refractivity contribution in [1.29, 1.82) is 0 Å². The maximum Gasteiger partial charge on any atom is 0.251 e. The zero-order valence-electron chi connectivity index (χ0n) is 12.7. The molecule has 5 heteroatoms. The Labute approximate surface area is 126 Å². The number of nitrogen functional groups attached to an aromatic ring is 1. The van der Waals surface area contributed by atoms with Gasteiger partial charge in [-0.3, -0.25) is 4.79 Å². The van der Waals surface area contributed by atoms with Crippen LogP contribution in [-0.2, 0) is 0 Å². The summed E-state index contributed by atoms with van der Waals surface area (Å²) in [5.41, 5.74) is 6.90. The molecule has 1 amide bonds. The molecule has 1 aromatic rings. The number of hydrogen-bond donors (Lipinski definition) is 2. The van der Waals surface area contributed by atoms with Crippen LogP contribution in [0.15, 0.2) is 18.2 Å². The minimum absolute atomic E-state index is 0.0929. The van der Waals surface area contributed by atoms with Crippen molar-refractivity contribution in [2.45, 2.75) is 26.2 Å². The smallest absolute Gasteiger partial charge is 0.251 e. The molecule has 1 heterocycles. The van der Waals surface area contributed by atoms with Gasteiger partial charge in [0.2, 0.25) is 0 Å². The first-order valence-corrected chi connectivity index (χ1v) is 7.73. The largest absolute Gasteiger partial charge is 0.494 e. The molecule has 0 aromatic heterocycles. The van der Waals surface area contributed by atoms with E-state index in [2.05, 4.69) is 10.2 Å². The van der Waals surface area contributed by atoms with Gasteiger partial charge < -0.3 is 20.7 Å². The second kappa shape index (κ2) is 7.88. The first-order chi connectivity index (χ1) is 10.2. The molecule has 21 heavy (non-hydrogen) atoms. The highest BCUT2D eigenvalue weighted by molar-refractivity contribution is 5.95. The number of anilines is 1. The third-order valence-corrected chi connectivity index (χ3v) is 3.64. The summed E-state index contributed by atoms with van der Waals surface area (Å²) in [6, 6.07) is 5.14. The van der Waals surface area contributed by atoms with E-state index in [1.165, 1.54) is 25.9 Å². The van der Waals surface area contributed by atoms with Crippen molar-refractivity contribution in [3.63, 3.8) is 0 Å². The van der Waals surface area contributed by atoms with Gasteiger partial charge in [-0.05, 0) is 58.0 Å². The highest BCUT2D eigenvalue weighted by Crippen LogP contribution is 2.18. The van der Waals surface area contributed by atoms with Gasteiger partial charge in [-0.15, -0.1) is 0 Å². The summed E-state index contributed by atoms with van der Waals surface area (Å²) in [6.45, 7) is 6.60. The van der Waals surface area contributed by atoms with Crippen LogP contribution < -0.4 is 15.8 Å². The molecular weight excluding hydrogens is 266 g/mol. The molecule has 3 N–H and O–H groups in total. The van der Waals surface area contributed by atoms with E-state index < -0.39 is 0 Å². The Bertz CT molecular complexity index is 471. The second-order valence-corrected chi connectivity index (χ2v) is 5.38. The number of nitrogens with one attached hydrogen (secondary N) is 1. The molecule has 1 aliphatic rings. The van der Waals surface area contributed by atoms with Gasteiger partial charge in [-0.1, -0.05) is 0 Å². The summed E-state index contributed by atoms with van der Waals surface area (Å²) in [7, 11) is 0. The maximum atomic E-state index is 12.1. The second-order valence-electron chi connectivity index (χ2n) is 5.38. The zero-order valence-corrected chi connectivity index (χ0v) is 12.7. The number of likely N-dealkylation sites (tertiary alicyclic amines) is 1. The van der Waals surface area contributed by atoms with Crippen molar-refractivity contribution in [3.8, 4) is 5.75 Å². The van der Waals surface area contributed by atoms with Gasteiger partial charge in [0.15, 0.2) is 0 Å². The van der Waals surface area contributed by atoms with Crippen molar-refractivity contribution >= 4 is 11.6 Å². The minimum Gasteiger partial charge on any atom is -0.494 e. The first-order valence-electron chi connectivity index (χ1n) is 7.73. The van der Waals surface area contributed by atoms with Gasteiger partial charge in [0.1, 0.15) is 5.75 Å². The number of nitrogens with two attached hydrogens (primary N) is 1. The average Bonchev–Trinajstić information content (AvgIpc) is 2.96. The molecule has 1 aliphatic heterocycles. The van der Waals surface area contributed by atoms with Crippen molar-refractivity contribution in [2.24, 2.45) is 0 Å². The Morgan fingerprint density at radius 1 is 1.33 bits per heavy atom. The van der Waals surface area contributed by atoms with Crippen LogP contribution in [-0.4, -0.2) is 43.6 Å². The molecule has 116 valence electrons. The number of rotatable bonds is 7. The number of hydrogen-bond acceptors (Lipinski definition) is 4. The molecule has 2 rings (SSSR count). The van der Waals surface area contributed by atoms with Gasteiger partial charge in [0, 0.05) is 23.9 Å². The summed E-state index contributed by atoms with van der Waals surface area (Å²) in [5, 5.41) is 2.94. The Hall–Kier alpha value is -1.75. The molecule has 0 unspecified atom stereocenters. The highest BCUT2D eigenvalue weighted by atomic mass is 16.5. The Kier molecular flexibility index (Phi) is 5.87. The normalized spacial score (nSPS) is 15.1. The quantitative estimate of drug-likeness (QED) is 0.594. The van der Waals surface area contributed by atoms with E-state index in [9.17, 15) is 4.79 Å². The summed E-state index contributed by atoms with van der Waals surface area (Å²) in [4.78, 5) is 14.6. The van der Waals surface area contributed by atoms with Gasteiger partial charge >= 0.3 is 0 Å². The van der Waals surface area contributed by atoms with E-state index in [4.69, 9.17) is 10.5 Å². The number of carbonyl (C=O) groups is 1. The molecular formula is C16H25N3O2. The Balaban J connectivity index is 1.79. The fourth-order valence-corrected chi connectivity index (χ4v) is 2.62. The predicted octanol–water partition coefficient (Wildman–Crippen LogP) is 1.88. The van der Waals surface area contributed by atoms with Crippen LogP contribution in [0.2, 0.25) is 0 Å². The third-order valence-electron chi connectivity index (χ3n) is 3.64. The fraction of sp³-hybridized carbons (Fsp3) is 0.562. The van der Waals surface area contributed by atoms with Crippen LogP contribution in [0.4, 0.5) is 5.69 Å². The lowest BCUT2D eigenvalue weighted by Crippen LogP contribution is -2.28. The Morgan fingerprint density at radius 3 is 2.81 bits per heavy atom. The summed E-state index contributed by atoms with van der Waals surface area (Å²) >= 11 is 0. The van der Waals surface area contributed by atoms with E-state index in [0.29, 0.717) is 30.2 Å². The molecule has 0 aliphatic carbocycles. The highest BCUT2D eigenvalue weighted by Gasteiger charge is 2.11. The molecule has 0 spiro atoms. The van der Waals surface area contributed by atoms with Gasteiger partial charge in [-0.2, -0.15) is 0 Å². The lowest BCUT2D eigenvalue weighted by atomic mass is 10.1. The number of nitrogens with zero attached hydrogens (tertiary/aromatic N) is 1. The summed E-state index contributed by atoms with van der Waals surface area (Å²) in [5.74, 6) is 0.546. The summed E-state index contributed by atoms with van der Waals surface area (Å²) < 4.78 is 5.40. The number of benzene rings is 1. The zero-order chi connectivity index (χ0) is 15.1. The SMILES string of the molecule is CCOc1cc(N)cc(C(=O)NCCCN2CCCC2)c1. The molecule has 0 radical (unpaired) electrons. The van der Waals surface area contributed by atoms with E-state index in [1.54, 1.807) is 18.2 Å². The topological polar surface area (TPSA) is 67.6 Å². The molecule has 1 saturated heterocycles. The van der Waals surface area contributed by atoms with Crippen molar-refractivity contribution < 1.29 is 9.53 Å². The monoisotopic (exact) mass is 291 g/mol. The molecule has 0 bridgehead atoms. The van der Waals surface area contributed by atoms with Crippen molar-refractivity contribution in [1.82, 2.24) is 10.2 Å². The van der Waals surface area contributed by atoms with Crippen LogP contribution in [0.5, 0.6) is 5.75 Å². The Morgan fingerprint density at radius 2 is 2.10 bits per heavy atom. The molecule has 0 atom stereocenters. The van der Waals surface area contributed by atoms with Crippen LogP contribution in [0.3, 0.4) is 0 Å². The fourth-order valence-electron chi connectivity index (χ4n) is 2.62. The lowest BCUT2D eigenvalue weighted by Gasteiger charge is -2.14. The van der Waals surface area contributed by atoms with Crippen molar-refractivity contribution in [2.75, 3.05) is 38.5 Å². The molecule has 1 aromatic carbocycles. The molecule has 5 nitrogen and oxygen atoms in total. The van der Waals surface area contributed by atoms with Crippen LogP contribution in [0.25, 0.3) is 0 Å². The van der Waals surface area contributed by atoms with Gasteiger partial charge in [-0.25, -0.2) is 0 Å². The number of ether oxygens (including phenoxy) is 1. The third kappa shape index (κ3) is 4.93. The standard InChI is InChI=1S/C16H25N3O2/c1-2-21-15-11-13(10-14(17)12-15)16(20)18-6-5-9-19-7-3-4-8-19/h10-12H,2-9,17H2,1H3,(H,18,20). The minimum atomic E-state index is -0.0929. The van der Waals surface area contributed by atoms with Gasteiger partial charge in [0.05, 0.1) is 6.61 Å².